The molecule has 3 heterocycles. The van der Waals surface area contributed by atoms with Gasteiger partial charge in [-0.3, -0.25) is 24.6 Å². The van der Waals surface area contributed by atoms with Crippen LogP contribution in [0.5, 0.6) is 0 Å². The summed E-state index contributed by atoms with van der Waals surface area (Å²) in [7, 11) is 2.14. The van der Waals surface area contributed by atoms with Crippen molar-refractivity contribution in [1.29, 1.82) is 0 Å². The summed E-state index contributed by atoms with van der Waals surface area (Å²) in [6.45, 7) is 3.33. The van der Waals surface area contributed by atoms with Crippen molar-refractivity contribution in [3.63, 3.8) is 0 Å². The molecule has 3 amide bonds. The third kappa shape index (κ3) is 3.82. The van der Waals surface area contributed by atoms with Gasteiger partial charge < -0.3 is 10.2 Å². The second-order valence-electron chi connectivity index (χ2n) is 8.16. The number of imide groups is 1. The highest BCUT2D eigenvalue weighted by Crippen LogP contribution is 2.28. The second kappa shape index (κ2) is 8.01. The van der Waals surface area contributed by atoms with Gasteiger partial charge in [0, 0.05) is 37.7 Å². The first-order chi connectivity index (χ1) is 13.5. The molecule has 2 fully saturated rings. The molecule has 0 saturated carbocycles. The lowest BCUT2D eigenvalue weighted by Crippen LogP contribution is -2.52. The third-order valence-corrected chi connectivity index (χ3v) is 6.17. The highest BCUT2D eigenvalue weighted by molar-refractivity contribution is 6.05. The van der Waals surface area contributed by atoms with E-state index in [0.29, 0.717) is 24.6 Å². The van der Waals surface area contributed by atoms with E-state index in [1.807, 2.05) is 12.1 Å². The number of carbonyl (C=O) groups is 3. The van der Waals surface area contributed by atoms with Gasteiger partial charge in [0.2, 0.25) is 11.8 Å². The van der Waals surface area contributed by atoms with E-state index in [-0.39, 0.29) is 24.1 Å². The van der Waals surface area contributed by atoms with E-state index in [4.69, 9.17) is 0 Å². The first-order valence-corrected chi connectivity index (χ1v) is 10.2. The topological polar surface area (TPSA) is 81.8 Å². The van der Waals surface area contributed by atoms with E-state index in [1.54, 1.807) is 4.90 Å². The molecule has 7 nitrogen and oxygen atoms in total. The standard InChI is InChI=1S/C21H28N4O3/c1-24(16-4-2-3-9-22-11-16)12-14-5-6-15-13-25(21(28)17(15)10-14)18-7-8-19(26)23-20(18)27/h5-6,10,16,18,22H,2-4,7-9,11-13H2,1H3,(H,23,26,27). The quantitative estimate of drug-likeness (QED) is 0.758. The Kier molecular flexibility index (Phi) is 5.46. The van der Waals surface area contributed by atoms with Crippen molar-refractivity contribution < 1.29 is 14.4 Å². The van der Waals surface area contributed by atoms with Crippen LogP contribution in [0.4, 0.5) is 0 Å². The minimum absolute atomic E-state index is 0.106. The Balaban J connectivity index is 1.45. The first-order valence-electron chi connectivity index (χ1n) is 10.2. The lowest BCUT2D eigenvalue weighted by molar-refractivity contribution is -0.136. The van der Waals surface area contributed by atoms with Gasteiger partial charge in [-0.15, -0.1) is 0 Å². The molecule has 150 valence electrons. The van der Waals surface area contributed by atoms with Crippen LogP contribution in [0.15, 0.2) is 18.2 Å². The van der Waals surface area contributed by atoms with Crippen LogP contribution < -0.4 is 10.6 Å². The van der Waals surface area contributed by atoms with Gasteiger partial charge >= 0.3 is 0 Å². The summed E-state index contributed by atoms with van der Waals surface area (Å²) in [6, 6.07) is 6.02. The van der Waals surface area contributed by atoms with Gasteiger partial charge in [-0.1, -0.05) is 18.6 Å². The van der Waals surface area contributed by atoms with Gasteiger partial charge in [-0.25, -0.2) is 0 Å². The van der Waals surface area contributed by atoms with Crippen molar-refractivity contribution in [2.45, 2.75) is 57.3 Å². The lowest BCUT2D eigenvalue weighted by Gasteiger charge is -2.29. The molecular weight excluding hydrogens is 356 g/mol. The average molecular weight is 384 g/mol. The van der Waals surface area contributed by atoms with E-state index in [9.17, 15) is 14.4 Å². The fraction of sp³-hybridized carbons (Fsp3) is 0.571. The summed E-state index contributed by atoms with van der Waals surface area (Å²) in [5, 5.41) is 5.85. The van der Waals surface area contributed by atoms with Crippen LogP contribution in [0.3, 0.4) is 0 Å². The van der Waals surface area contributed by atoms with Gasteiger partial charge in [-0.05, 0) is 50.0 Å². The van der Waals surface area contributed by atoms with E-state index in [0.717, 1.165) is 30.8 Å². The number of rotatable bonds is 4. The molecule has 0 aliphatic carbocycles. The maximum absolute atomic E-state index is 12.9. The molecule has 2 unspecified atom stereocenters. The number of amides is 3. The van der Waals surface area contributed by atoms with Crippen molar-refractivity contribution in [1.82, 2.24) is 20.4 Å². The maximum atomic E-state index is 12.9. The number of nitrogens with zero attached hydrogens (tertiary/aromatic N) is 2. The van der Waals surface area contributed by atoms with E-state index >= 15 is 0 Å². The molecule has 3 aliphatic heterocycles. The number of nitrogens with one attached hydrogen (secondary N) is 2. The number of likely N-dealkylation sites (N-methyl/N-ethyl adjacent to an activating group) is 1. The summed E-state index contributed by atoms with van der Waals surface area (Å²) in [5.74, 6) is -0.730. The smallest absolute Gasteiger partial charge is 0.255 e. The Bertz CT molecular complexity index is 786. The molecule has 0 aromatic heterocycles. The molecule has 4 rings (SSSR count). The number of fused-ring (bicyclic) bond motifs is 1. The number of piperidine rings is 1. The number of hydrogen-bond acceptors (Lipinski definition) is 5. The van der Waals surface area contributed by atoms with Gasteiger partial charge in [0.05, 0.1) is 0 Å². The lowest BCUT2D eigenvalue weighted by atomic mass is 10.0. The van der Waals surface area contributed by atoms with Gasteiger partial charge in [0.15, 0.2) is 0 Å². The molecule has 3 aliphatic rings. The van der Waals surface area contributed by atoms with Gasteiger partial charge in [-0.2, -0.15) is 0 Å². The molecule has 2 atom stereocenters. The van der Waals surface area contributed by atoms with Crippen molar-refractivity contribution in [3.8, 4) is 0 Å². The first kappa shape index (κ1) is 19.1. The summed E-state index contributed by atoms with van der Waals surface area (Å²) >= 11 is 0. The zero-order valence-electron chi connectivity index (χ0n) is 16.4. The summed E-state index contributed by atoms with van der Waals surface area (Å²) < 4.78 is 0. The summed E-state index contributed by atoms with van der Waals surface area (Å²) in [6.07, 6.45) is 4.34. The van der Waals surface area contributed by atoms with Crippen LogP contribution in [0.25, 0.3) is 0 Å². The van der Waals surface area contributed by atoms with Crippen molar-refractivity contribution >= 4 is 17.7 Å². The molecule has 0 radical (unpaired) electrons. The predicted octanol–water partition coefficient (Wildman–Crippen LogP) is 1.02. The third-order valence-electron chi connectivity index (χ3n) is 6.17. The minimum atomic E-state index is -0.555. The Morgan fingerprint density at radius 1 is 1.18 bits per heavy atom. The molecule has 1 aromatic carbocycles. The molecular formula is C21H28N4O3. The summed E-state index contributed by atoms with van der Waals surface area (Å²) in [5.41, 5.74) is 2.76. The molecule has 2 saturated heterocycles. The van der Waals surface area contributed by atoms with Crippen LogP contribution in [0, 0.1) is 0 Å². The van der Waals surface area contributed by atoms with Crippen molar-refractivity contribution in [2.24, 2.45) is 0 Å². The van der Waals surface area contributed by atoms with Crippen LogP contribution in [-0.2, 0) is 22.7 Å². The molecule has 1 aromatic rings. The van der Waals surface area contributed by atoms with Crippen molar-refractivity contribution in [2.75, 3.05) is 20.1 Å². The number of benzene rings is 1. The highest BCUT2D eigenvalue weighted by atomic mass is 16.2. The predicted molar refractivity (Wildman–Crippen MR) is 104 cm³/mol. The zero-order valence-corrected chi connectivity index (χ0v) is 16.4. The molecule has 28 heavy (non-hydrogen) atoms. The van der Waals surface area contributed by atoms with Crippen LogP contribution in [-0.4, -0.2) is 59.7 Å². The average Bonchev–Trinajstić information content (AvgIpc) is 2.86. The van der Waals surface area contributed by atoms with Crippen molar-refractivity contribution in [3.05, 3.63) is 34.9 Å². The molecule has 0 spiro atoms. The monoisotopic (exact) mass is 384 g/mol. The highest BCUT2D eigenvalue weighted by Gasteiger charge is 2.39. The SMILES string of the molecule is CN(Cc1ccc2c(c1)C(=O)N(C1CCC(=O)NC1=O)C2)C1CCCCNC1. The molecule has 0 bridgehead atoms. The fourth-order valence-electron chi connectivity index (χ4n) is 4.49. The Hall–Kier alpha value is -2.25. The maximum Gasteiger partial charge on any atom is 0.255 e. The summed E-state index contributed by atoms with van der Waals surface area (Å²) in [4.78, 5) is 40.5. The van der Waals surface area contributed by atoms with E-state index < -0.39 is 6.04 Å². The number of carbonyl (C=O) groups excluding carboxylic acids is 3. The Labute approximate surface area is 165 Å². The Morgan fingerprint density at radius 3 is 2.86 bits per heavy atom. The largest absolute Gasteiger partial charge is 0.322 e. The van der Waals surface area contributed by atoms with Crippen LogP contribution >= 0.6 is 0 Å². The molecule has 2 N–H and O–H groups in total. The number of hydrogen-bond donors (Lipinski definition) is 2. The van der Waals surface area contributed by atoms with E-state index in [1.165, 1.54) is 19.3 Å². The Morgan fingerprint density at radius 2 is 2.04 bits per heavy atom. The van der Waals surface area contributed by atoms with Gasteiger partial charge in [0.25, 0.3) is 5.91 Å². The minimum Gasteiger partial charge on any atom is -0.322 e. The normalized spacial score (nSPS) is 25.6. The van der Waals surface area contributed by atoms with Crippen LogP contribution in [0.2, 0.25) is 0 Å². The fourth-order valence-corrected chi connectivity index (χ4v) is 4.49. The molecule has 7 heteroatoms. The van der Waals surface area contributed by atoms with Gasteiger partial charge in [0.1, 0.15) is 6.04 Å². The van der Waals surface area contributed by atoms with E-state index in [2.05, 4.69) is 28.6 Å². The second-order valence-corrected chi connectivity index (χ2v) is 8.16. The zero-order chi connectivity index (χ0) is 19.7. The van der Waals surface area contributed by atoms with Crippen LogP contribution in [0.1, 0.15) is 53.6 Å².